The summed E-state index contributed by atoms with van der Waals surface area (Å²) in [5.74, 6) is -2.53. The van der Waals surface area contributed by atoms with Gasteiger partial charge in [0.2, 0.25) is 9.84 Å². The van der Waals surface area contributed by atoms with E-state index in [-0.39, 0.29) is 10.6 Å². The van der Waals surface area contributed by atoms with E-state index in [2.05, 4.69) is 0 Å². The van der Waals surface area contributed by atoms with Gasteiger partial charge in [-0.15, -0.1) is 0 Å². The fourth-order valence-corrected chi connectivity index (χ4v) is 4.07. The summed E-state index contributed by atoms with van der Waals surface area (Å²) in [6.07, 6.45) is 0. The highest BCUT2D eigenvalue weighted by atomic mass is 32.2. The van der Waals surface area contributed by atoms with E-state index in [0.717, 1.165) is 42.0 Å². The van der Waals surface area contributed by atoms with Crippen LogP contribution in [0.15, 0.2) is 70.5 Å². The van der Waals surface area contributed by atoms with Gasteiger partial charge in [-0.3, -0.25) is 0 Å². The van der Waals surface area contributed by atoms with E-state index < -0.39 is 38.9 Å². The minimum Gasteiger partial charge on any atom is -0.481 e. The van der Waals surface area contributed by atoms with Crippen LogP contribution in [-0.2, 0) is 14.6 Å². The predicted octanol–water partition coefficient (Wildman–Crippen LogP) is 4.24. The smallest absolute Gasteiger partial charge is 0.341 e. The number of carbonyl (C=O) groups is 1. The lowest BCUT2D eigenvalue weighted by Gasteiger charge is -2.13. The molecule has 0 saturated heterocycles. The van der Waals surface area contributed by atoms with Crippen LogP contribution in [0.2, 0.25) is 0 Å². The van der Waals surface area contributed by atoms with Crippen molar-refractivity contribution in [1.82, 2.24) is 0 Å². The van der Waals surface area contributed by atoms with Gasteiger partial charge >= 0.3 is 5.97 Å². The van der Waals surface area contributed by atoms with E-state index in [1.165, 1.54) is 6.07 Å². The summed E-state index contributed by atoms with van der Waals surface area (Å²) in [4.78, 5) is 10.00. The number of sulfone groups is 1. The minimum absolute atomic E-state index is 0.228. The first-order valence-electron chi connectivity index (χ1n) is 8.44. The Morgan fingerprint density at radius 3 is 2.31 bits per heavy atom. The average Bonchev–Trinajstić information content (AvgIpc) is 2.67. The van der Waals surface area contributed by atoms with E-state index in [1.54, 1.807) is 25.1 Å². The second kappa shape index (κ2) is 8.00. The minimum atomic E-state index is -4.18. The van der Waals surface area contributed by atoms with Gasteiger partial charge < -0.3 is 9.84 Å². The summed E-state index contributed by atoms with van der Waals surface area (Å²) in [6, 6.07) is 12.6. The van der Waals surface area contributed by atoms with Gasteiger partial charge in [-0.1, -0.05) is 17.7 Å². The van der Waals surface area contributed by atoms with Crippen molar-refractivity contribution in [2.45, 2.75) is 16.7 Å². The van der Waals surface area contributed by atoms with Crippen LogP contribution in [-0.4, -0.2) is 26.1 Å². The van der Waals surface area contributed by atoms with E-state index in [4.69, 9.17) is 9.84 Å². The third kappa shape index (κ3) is 4.43. The molecule has 29 heavy (non-hydrogen) atoms. The number of carboxylic acid groups (broad SMARTS) is 1. The molecule has 0 aliphatic rings. The van der Waals surface area contributed by atoms with Crippen LogP contribution >= 0.6 is 0 Å². The first kappa shape index (κ1) is 20.5. The van der Waals surface area contributed by atoms with Gasteiger partial charge in [0.05, 0.1) is 4.90 Å². The molecule has 0 spiro atoms. The molecule has 0 heterocycles. The maximum absolute atomic E-state index is 14.8. The molecule has 3 aromatic rings. The van der Waals surface area contributed by atoms with E-state index in [1.807, 2.05) is 0 Å². The SMILES string of the molecule is Cc1ccc(OCC(=O)O)c(-c2ccc(S(=O)(=O)c3ccc(F)cc3)c(F)c2)c1. The maximum atomic E-state index is 14.8. The van der Waals surface area contributed by atoms with Crippen LogP contribution in [0.5, 0.6) is 5.75 Å². The number of aliphatic carboxylic acids is 1. The Bertz CT molecular complexity index is 1170. The molecule has 0 fully saturated rings. The number of rotatable bonds is 6. The molecule has 0 radical (unpaired) electrons. The Kier molecular flexibility index (Phi) is 5.65. The summed E-state index contributed by atoms with van der Waals surface area (Å²) in [5, 5.41) is 8.81. The number of benzene rings is 3. The summed E-state index contributed by atoms with van der Waals surface area (Å²) in [5.41, 5.74) is 1.58. The molecule has 8 heteroatoms. The topological polar surface area (TPSA) is 80.7 Å². The molecule has 1 N–H and O–H groups in total. The third-order valence-corrected chi connectivity index (χ3v) is 5.95. The largest absolute Gasteiger partial charge is 0.481 e. The molecular weight excluding hydrogens is 402 g/mol. The van der Waals surface area contributed by atoms with Crippen molar-refractivity contribution in [1.29, 1.82) is 0 Å². The van der Waals surface area contributed by atoms with Gasteiger partial charge in [0.1, 0.15) is 22.3 Å². The summed E-state index contributed by atoms with van der Waals surface area (Å²) < 4.78 is 58.4. The Hall–Kier alpha value is -3.26. The number of carboxylic acids is 1. The monoisotopic (exact) mass is 418 g/mol. The van der Waals surface area contributed by atoms with E-state index in [0.29, 0.717) is 11.1 Å². The van der Waals surface area contributed by atoms with Gasteiger partial charge in [-0.05, 0) is 61.0 Å². The van der Waals surface area contributed by atoms with Crippen molar-refractivity contribution in [2.24, 2.45) is 0 Å². The van der Waals surface area contributed by atoms with Crippen LogP contribution in [0.25, 0.3) is 11.1 Å². The van der Waals surface area contributed by atoms with Gasteiger partial charge in [0.25, 0.3) is 0 Å². The van der Waals surface area contributed by atoms with Crippen molar-refractivity contribution >= 4 is 15.8 Å². The zero-order valence-corrected chi connectivity index (χ0v) is 16.0. The molecule has 0 atom stereocenters. The Labute approximate surface area is 166 Å². The number of aryl methyl sites for hydroxylation is 1. The highest BCUT2D eigenvalue weighted by Gasteiger charge is 2.23. The normalized spacial score (nSPS) is 11.3. The van der Waals surface area contributed by atoms with Crippen LogP contribution in [0, 0.1) is 18.6 Å². The second-order valence-electron chi connectivity index (χ2n) is 6.28. The van der Waals surface area contributed by atoms with Crippen LogP contribution in [0.1, 0.15) is 5.56 Å². The molecule has 150 valence electrons. The molecule has 0 aliphatic heterocycles. The molecule has 0 unspecified atom stereocenters. The highest BCUT2D eigenvalue weighted by molar-refractivity contribution is 7.91. The lowest BCUT2D eigenvalue weighted by Crippen LogP contribution is -2.10. The van der Waals surface area contributed by atoms with Crippen molar-refractivity contribution < 1.29 is 31.8 Å². The van der Waals surface area contributed by atoms with Crippen molar-refractivity contribution in [3.8, 4) is 16.9 Å². The number of ether oxygens (including phenoxy) is 1. The molecule has 3 rings (SSSR count). The molecule has 0 aliphatic carbocycles. The lowest BCUT2D eigenvalue weighted by molar-refractivity contribution is -0.139. The van der Waals surface area contributed by atoms with Crippen molar-refractivity contribution in [2.75, 3.05) is 6.61 Å². The predicted molar refractivity (Wildman–Crippen MR) is 102 cm³/mol. The second-order valence-corrected chi connectivity index (χ2v) is 8.20. The first-order valence-corrected chi connectivity index (χ1v) is 9.92. The summed E-state index contributed by atoms with van der Waals surface area (Å²) >= 11 is 0. The van der Waals surface area contributed by atoms with Gasteiger partial charge in [-0.25, -0.2) is 22.0 Å². The molecule has 5 nitrogen and oxygen atoms in total. The fourth-order valence-electron chi connectivity index (χ4n) is 2.76. The maximum Gasteiger partial charge on any atom is 0.341 e. The molecule has 0 aromatic heterocycles. The van der Waals surface area contributed by atoms with Gasteiger partial charge in [0.15, 0.2) is 6.61 Å². The molecule has 3 aromatic carbocycles. The summed E-state index contributed by atoms with van der Waals surface area (Å²) in [6.45, 7) is 1.23. The summed E-state index contributed by atoms with van der Waals surface area (Å²) in [7, 11) is -4.18. The molecule has 0 amide bonds. The number of halogens is 2. The number of hydrogen-bond donors (Lipinski definition) is 1. The van der Waals surface area contributed by atoms with Crippen LogP contribution in [0.3, 0.4) is 0 Å². The highest BCUT2D eigenvalue weighted by Crippen LogP contribution is 2.34. The van der Waals surface area contributed by atoms with E-state index in [9.17, 15) is 22.0 Å². The molecule has 0 saturated carbocycles. The van der Waals surface area contributed by atoms with Gasteiger partial charge in [-0.2, -0.15) is 0 Å². The first-order chi connectivity index (χ1) is 13.7. The fraction of sp³-hybridized carbons (Fsp3) is 0.0952. The Morgan fingerprint density at radius 1 is 1.00 bits per heavy atom. The number of hydrogen-bond acceptors (Lipinski definition) is 4. The lowest BCUT2D eigenvalue weighted by atomic mass is 10.0. The molecule has 0 bridgehead atoms. The van der Waals surface area contributed by atoms with Crippen molar-refractivity contribution in [3.05, 3.63) is 77.9 Å². The Morgan fingerprint density at radius 2 is 1.69 bits per heavy atom. The van der Waals surface area contributed by atoms with Gasteiger partial charge in [0, 0.05) is 5.56 Å². The standard InChI is InChI=1S/C21H16F2O5S/c1-13-2-8-19(28-12-21(24)25)17(10-13)14-3-9-20(18(23)11-14)29(26,27)16-6-4-15(22)5-7-16/h2-11H,12H2,1H3,(H,24,25). The molecular formula is C21H16F2O5S. The van der Waals surface area contributed by atoms with Crippen LogP contribution < -0.4 is 4.74 Å². The third-order valence-electron chi connectivity index (χ3n) is 4.14. The quantitative estimate of drug-likeness (QED) is 0.606. The van der Waals surface area contributed by atoms with Crippen LogP contribution in [0.4, 0.5) is 8.78 Å². The zero-order valence-electron chi connectivity index (χ0n) is 15.2. The average molecular weight is 418 g/mol. The zero-order chi connectivity index (χ0) is 21.2. The van der Waals surface area contributed by atoms with E-state index >= 15 is 0 Å². The van der Waals surface area contributed by atoms with Crippen molar-refractivity contribution in [3.63, 3.8) is 0 Å². The Balaban J connectivity index is 2.03.